The lowest BCUT2D eigenvalue weighted by atomic mass is 9.84. The molecule has 0 radical (unpaired) electrons. The van der Waals surface area contributed by atoms with Crippen LogP contribution in [0, 0.1) is 11.8 Å². The summed E-state index contributed by atoms with van der Waals surface area (Å²) in [6, 6.07) is 0.391. The van der Waals surface area contributed by atoms with Crippen LogP contribution in [0.4, 0.5) is 0 Å². The van der Waals surface area contributed by atoms with Crippen molar-refractivity contribution >= 4 is 5.91 Å². The van der Waals surface area contributed by atoms with Gasteiger partial charge in [-0.3, -0.25) is 9.69 Å². The van der Waals surface area contributed by atoms with Gasteiger partial charge in [-0.25, -0.2) is 4.98 Å². The van der Waals surface area contributed by atoms with E-state index in [1.165, 1.54) is 31.6 Å². The molecule has 22 heavy (non-hydrogen) atoms. The van der Waals surface area contributed by atoms with Gasteiger partial charge in [-0.2, -0.15) is 0 Å². The number of nitrogens with zero attached hydrogens (tertiary/aromatic N) is 3. The Labute approximate surface area is 132 Å². The van der Waals surface area contributed by atoms with Gasteiger partial charge in [-0.05, 0) is 38.5 Å². The van der Waals surface area contributed by atoms with Crippen LogP contribution in [0.1, 0.15) is 56.6 Å². The summed E-state index contributed by atoms with van der Waals surface area (Å²) < 4.78 is 2.31. The van der Waals surface area contributed by atoms with Gasteiger partial charge in [0.25, 0.3) is 0 Å². The molecule has 1 atom stereocenters. The van der Waals surface area contributed by atoms with Crippen molar-refractivity contribution in [1.29, 1.82) is 0 Å². The van der Waals surface area contributed by atoms with E-state index in [0.29, 0.717) is 12.6 Å². The van der Waals surface area contributed by atoms with Gasteiger partial charge < -0.3 is 9.88 Å². The molecule has 5 heteroatoms. The van der Waals surface area contributed by atoms with E-state index in [9.17, 15) is 4.79 Å². The number of imidazole rings is 1. The number of nitrogens with one attached hydrogen (secondary N) is 1. The molecule has 1 aromatic heterocycles. The van der Waals surface area contributed by atoms with Crippen LogP contribution in [0.25, 0.3) is 0 Å². The first-order chi connectivity index (χ1) is 10.7. The van der Waals surface area contributed by atoms with Crippen molar-refractivity contribution in [3.05, 3.63) is 17.7 Å². The van der Waals surface area contributed by atoms with E-state index in [2.05, 4.69) is 26.7 Å². The Hall–Kier alpha value is -1.36. The van der Waals surface area contributed by atoms with Crippen LogP contribution in [-0.4, -0.2) is 33.4 Å². The largest absolute Gasteiger partial charge is 0.350 e. The molecule has 120 valence electrons. The molecule has 1 amide bonds. The molecule has 3 aliphatic rings. The predicted molar refractivity (Wildman–Crippen MR) is 84.1 cm³/mol. The summed E-state index contributed by atoms with van der Waals surface area (Å²) in [6.07, 6.45) is 8.28. The van der Waals surface area contributed by atoms with E-state index in [1.54, 1.807) is 0 Å². The van der Waals surface area contributed by atoms with Crippen LogP contribution in [-0.2, 0) is 17.9 Å². The highest BCUT2D eigenvalue weighted by Crippen LogP contribution is 2.32. The molecule has 0 saturated heterocycles. The fourth-order valence-corrected chi connectivity index (χ4v) is 3.67. The molecule has 2 heterocycles. The minimum Gasteiger partial charge on any atom is -0.350 e. The second kappa shape index (κ2) is 5.69. The van der Waals surface area contributed by atoms with Crippen molar-refractivity contribution in [2.24, 2.45) is 11.8 Å². The van der Waals surface area contributed by atoms with Gasteiger partial charge in [0.2, 0.25) is 5.91 Å². The third-order valence-electron chi connectivity index (χ3n) is 5.61. The quantitative estimate of drug-likeness (QED) is 0.906. The van der Waals surface area contributed by atoms with Crippen LogP contribution < -0.4 is 5.32 Å². The van der Waals surface area contributed by atoms with Gasteiger partial charge in [0, 0.05) is 25.6 Å². The topological polar surface area (TPSA) is 50.2 Å². The third-order valence-corrected chi connectivity index (χ3v) is 5.61. The number of aromatic nitrogens is 2. The monoisotopic (exact) mass is 302 g/mol. The van der Waals surface area contributed by atoms with Crippen LogP contribution in [0.3, 0.4) is 0 Å². The second-order valence-electron chi connectivity index (χ2n) is 7.22. The van der Waals surface area contributed by atoms with Crippen molar-refractivity contribution in [3.63, 3.8) is 0 Å². The number of hydrogen-bond donors (Lipinski definition) is 1. The summed E-state index contributed by atoms with van der Waals surface area (Å²) in [5.41, 5.74) is 1.15. The first-order valence-electron chi connectivity index (χ1n) is 8.78. The minimum atomic E-state index is 0.214. The molecule has 1 N–H and O–H groups in total. The molecule has 0 aromatic carbocycles. The van der Waals surface area contributed by atoms with Gasteiger partial charge >= 0.3 is 0 Å². The molecular formula is C17H26N4O. The van der Waals surface area contributed by atoms with Gasteiger partial charge in [0.15, 0.2) is 0 Å². The lowest BCUT2D eigenvalue weighted by Gasteiger charge is -2.39. The molecule has 2 saturated carbocycles. The molecule has 1 aromatic rings. The number of hydrogen-bond acceptors (Lipinski definition) is 3. The zero-order valence-corrected chi connectivity index (χ0v) is 13.4. The van der Waals surface area contributed by atoms with Crippen molar-refractivity contribution in [3.8, 4) is 0 Å². The highest BCUT2D eigenvalue weighted by molar-refractivity contribution is 5.80. The molecule has 0 spiro atoms. The van der Waals surface area contributed by atoms with Crippen molar-refractivity contribution < 1.29 is 4.79 Å². The molecule has 1 aliphatic heterocycles. The first kappa shape index (κ1) is 14.2. The van der Waals surface area contributed by atoms with E-state index < -0.39 is 0 Å². The number of amides is 1. The summed E-state index contributed by atoms with van der Waals surface area (Å²) in [4.78, 5) is 19.0. The van der Waals surface area contributed by atoms with E-state index in [0.717, 1.165) is 37.5 Å². The number of fused-ring (bicyclic) bond motifs is 1. The second-order valence-corrected chi connectivity index (χ2v) is 7.22. The Morgan fingerprint density at radius 1 is 1.32 bits per heavy atom. The van der Waals surface area contributed by atoms with Gasteiger partial charge in [0.05, 0.1) is 24.5 Å². The van der Waals surface area contributed by atoms with Crippen molar-refractivity contribution in [2.75, 3.05) is 13.1 Å². The van der Waals surface area contributed by atoms with Crippen LogP contribution in [0.5, 0.6) is 0 Å². The Morgan fingerprint density at radius 2 is 2.14 bits per heavy atom. The maximum Gasteiger partial charge on any atom is 0.223 e. The minimum absolute atomic E-state index is 0.214. The summed E-state index contributed by atoms with van der Waals surface area (Å²) >= 11 is 0. The van der Waals surface area contributed by atoms with E-state index >= 15 is 0 Å². The van der Waals surface area contributed by atoms with Crippen molar-refractivity contribution in [1.82, 2.24) is 19.8 Å². The maximum absolute atomic E-state index is 11.8. The number of carbonyl (C=O) groups is 1. The van der Waals surface area contributed by atoms with E-state index in [4.69, 9.17) is 0 Å². The molecule has 1 unspecified atom stereocenters. The van der Waals surface area contributed by atoms with Gasteiger partial charge in [0.1, 0.15) is 5.82 Å². The maximum atomic E-state index is 11.8. The zero-order chi connectivity index (χ0) is 15.1. The summed E-state index contributed by atoms with van der Waals surface area (Å²) in [6.45, 7) is 6.22. The van der Waals surface area contributed by atoms with Crippen LogP contribution in [0.15, 0.2) is 6.20 Å². The van der Waals surface area contributed by atoms with Gasteiger partial charge in [-0.15, -0.1) is 0 Å². The molecule has 4 rings (SSSR count). The predicted octanol–water partition coefficient (Wildman–Crippen LogP) is 2.09. The lowest BCUT2D eigenvalue weighted by Crippen LogP contribution is -2.41. The Bertz CT molecular complexity index is 559. The number of carbonyl (C=O) groups excluding carboxylic acids is 1. The molecule has 2 aliphatic carbocycles. The fourth-order valence-electron chi connectivity index (χ4n) is 3.67. The Kier molecular flexibility index (Phi) is 3.68. The third kappa shape index (κ3) is 2.67. The molecule has 5 nitrogen and oxygen atoms in total. The van der Waals surface area contributed by atoms with Crippen molar-refractivity contribution in [2.45, 2.75) is 58.2 Å². The standard InChI is InChI=1S/C17H26N4O/c1-12-16-18-9-15(10-19-17(22)14-5-6-14)21(16)8-7-20(12)11-13-3-2-4-13/h9,12-14H,2-8,10-11H2,1H3,(H,19,22). The summed E-state index contributed by atoms with van der Waals surface area (Å²) in [7, 11) is 0. The zero-order valence-electron chi connectivity index (χ0n) is 13.4. The fraction of sp³-hybridized carbons (Fsp3) is 0.765. The summed E-state index contributed by atoms with van der Waals surface area (Å²) in [5.74, 6) is 2.56. The summed E-state index contributed by atoms with van der Waals surface area (Å²) in [5, 5.41) is 3.06. The SMILES string of the molecule is CC1c2ncc(CNC(=O)C3CC3)n2CCN1CC1CCC1. The average molecular weight is 302 g/mol. The number of rotatable bonds is 5. The lowest BCUT2D eigenvalue weighted by molar-refractivity contribution is -0.122. The molecule has 2 fully saturated rings. The smallest absolute Gasteiger partial charge is 0.223 e. The van der Waals surface area contributed by atoms with Crippen LogP contribution >= 0.6 is 0 Å². The first-order valence-corrected chi connectivity index (χ1v) is 8.78. The molecular weight excluding hydrogens is 276 g/mol. The molecule has 0 bridgehead atoms. The van der Waals surface area contributed by atoms with Gasteiger partial charge in [-0.1, -0.05) is 6.42 Å². The highest BCUT2D eigenvalue weighted by Gasteiger charge is 2.31. The normalized spacial score (nSPS) is 25.6. The highest BCUT2D eigenvalue weighted by atomic mass is 16.2. The van der Waals surface area contributed by atoms with Crippen LogP contribution in [0.2, 0.25) is 0 Å². The van der Waals surface area contributed by atoms with E-state index in [-0.39, 0.29) is 11.8 Å². The van der Waals surface area contributed by atoms with E-state index in [1.807, 2.05) is 6.20 Å². The Morgan fingerprint density at radius 3 is 2.82 bits per heavy atom. The Balaban J connectivity index is 1.40. The average Bonchev–Trinajstić information content (AvgIpc) is 3.23.